The normalized spacial score (nSPS) is 13.5. The molecule has 0 aliphatic rings. The number of rotatable bonds is 5. The lowest BCUT2D eigenvalue weighted by Crippen LogP contribution is -2.50. The first-order valence-corrected chi connectivity index (χ1v) is 5.92. The highest BCUT2D eigenvalue weighted by Crippen LogP contribution is 2.13. The van der Waals surface area contributed by atoms with Gasteiger partial charge in [0.2, 0.25) is 0 Å². The Morgan fingerprint density at radius 3 is 2.71 bits per heavy atom. The van der Waals surface area contributed by atoms with Crippen molar-refractivity contribution in [3.05, 3.63) is 34.9 Å². The van der Waals surface area contributed by atoms with Crippen molar-refractivity contribution < 1.29 is 9.90 Å². The largest absolute Gasteiger partial charge is 0.394 e. The van der Waals surface area contributed by atoms with E-state index in [1.54, 1.807) is 31.2 Å². The van der Waals surface area contributed by atoms with E-state index in [0.29, 0.717) is 10.6 Å². The zero-order chi connectivity index (χ0) is 13.1. The highest BCUT2D eigenvalue weighted by Gasteiger charge is 2.23. The predicted molar refractivity (Wildman–Crippen MR) is 69.5 cm³/mol. The maximum absolute atomic E-state index is 12.1. The summed E-state index contributed by atoms with van der Waals surface area (Å²) in [6, 6.07) is 6.50. The van der Waals surface area contributed by atoms with Crippen LogP contribution in [0.4, 0.5) is 0 Å². The molecule has 0 aliphatic carbocycles. The number of benzene rings is 1. The summed E-state index contributed by atoms with van der Waals surface area (Å²) in [6.45, 7) is 5.43. The van der Waals surface area contributed by atoms with Crippen molar-refractivity contribution in [1.82, 2.24) is 5.32 Å². The van der Waals surface area contributed by atoms with E-state index in [0.717, 1.165) is 0 Å². The molecule has 0 aromatic heterocycles. The minimum atomic E-state index is -0.479. The molecule has 0 aliphatic heterocycles. The van der Waals surface area contributed by atoms with Crippen molar-refractivity contribution in [1.29, 1.82) is 0 Å². The van der Waals surface area contributed by atoms with E-state index in [9.17, 15) is 4.79 Å². The van der Waals surface area contributed by atoms with Crippen LogP contribution in [0.2, 0.25) is 5.02 Å². The van der Waals surface area contributed by atoms with Gasteiger partial charge in [-0.05, 0) is 32.9 Å². The second-order valence-electron chi connectivity index (χ2n) is 4.78. The number of halogens is 1. The number of aliphatic hydroxyl groups is 1. The molecule has 94 valence electrons. The molecule has 17 heavy (non-hydrogen) atoms. The first-order valence-electron chi connectivity index (χ1n) is 5.54. The average Bonchev–Trinajstić information content (AvgIpc) is 2.27. The van der Waals surface area contributed by atoms with Gasteiger partial charge in [0.05, 0.1) is 12.6 Å². The smallest absolute Gasteiger partial charge is 0.179 e. The van der Waals surface area contributed by atoms with E-state index in [2.05, 4.69) is 5.32 Å². The highest BCUT2D eigenvalue weighted by molar-refractivity contribution is 6.31. The molecule has 1 aromatic rings. The van der Waals surface area contributed by atoms with Gasteiger partial charge in [0.1, 0.15) is 0 Å². The molecule has 0 radical (unpaired) electrons. The van der Waals surface area contributed by atoms with E-state index in [4.69, 9.17) is 16.7 Å². The van der Waals surface area contributed by atoms with E-state index in [1.807, 2.05) is 13.8 Å². The minimum absolute atomic E-state index is 0.0276. The second kappa shape index (κ2) is 5.63. The molecule has 2 N–H and O–H groups in total. The van der Waals surface area contributed by atoms with Crippen LogP contribution in [0.1, 0.15) is 31.1 Å². The SMILES string of the molecule is CC(NC(C)(C)CO)C(=O)[13c]1[13cH][13cH][13cH][13c](Cl)[13cH]1. The molecule has 1 unspecified atom stereocenters. The summed E-state index contributed by atoms with van der Waals surface area (Å²) in [6.07, 6.45) is 0. The van der Waals surface area contributed by atoms with Crippen LogP contribution in [0.5, 0.6) is 0 Å². The Morgan fingerprint density at radius 1 is 1.53 bits per heavy atom. The van der Waals surface area contributed by atoms with Crippen molar-refractivity contribution in [2.24, 2.45) is 0 Å². The van der Waals surface area contributed by atoms with E-state index >= 15 is 0 Å². The van der Waals surface area contributed by atoms with Gasteiger partial charge in [-0.3, -0.25) is 4.79 Å². The standard InChI is InChI=1S/C13H18ClNO2/c1-9(15-13(2,3)8-16)12(17)10-5-4-6-11(14)7-10/h4-7,9,15-16H,8H2,1-3H3/i4+1,5+1,6+1,7+1,10+1,11+1. The summed E-state index contributed by atoms with van der Waals surface area (Å²) in [5.74, 6) is -0.0333. The molecule has 0 spiro atoms. The molecule has 0 saturated carbocycles. The molecule has 1 rings (SSSR count). The highest BCUT2D eigenvalue weighted by atomic mass is 35.5. The van der Waals surface area contributed by atoms with Gasteiger partial charge >= 0.3 is 0 Å². The predicted octanol–water partition coefficient (Wildman–Crippen LogP) is 2.27. The van der Waals surface area contributed by atoms with Crippen LogP contribution in [0.25, 0.3) is 0 Å². The first-order chi connectivity index (χ1) is 7.85. The average molecular weight is 262 g/mol. The monoisotopic (exact) mass is 261 g/mol. The Kier molecular flexibility index (Phi) is 4.69. The molecule has 1 atom stereocenters. The Morgan fingerprint density at radius 2 is 2.18 bits per heavy atom. The van der Waals surface area contributed by atoms with Gasteiger partial charge in [0.15, 0.2) is 5.78 Å². The fourth-order valence-electron chi connectivity index (χ4n) is 1.59. The van der Waals surface area contributed by atoms with Crippen LogP contribution in [-0.2, 0) is 0 Å². The van der Waals surface area contributed by atoms with E-state index in [1.165, 1.54) is 0 Å². The third-order valence-electron chi connectivity index (χ3n) is 2.50. The lowest BCUT2D eigenvalue weighted by Gasteiger charge is -2.27. The third kappa shape index (κ3) is 4.11. The van der Waals surface area contributed by atoms with Crippen LogP contribution in [0.15, 0.2) is 24.3 Å². The second-order valence-corrected chi connectivity index (χ2v) is 5.22. The molecular weight excluding hydrogens is 244 g/mol. The van der Waals surface area contributed by atoms with Crippen LogP contribution < -0.4 is 5.32 Å². The van der Waals surface area contributed by atoms with Gasteiger partial charge in [-0.25, -0.2) is 0 Å². The summed E-state index contributed by atoms with van der Waals surface area (Å²) >= 11 is 5.84. The quantitative estimate of drug-likeness (QED) is 0.800. The number of aliphatic hydroxyl groups excluding tert-OH is 1. The number of hydrogen-bond donors (Lipinski definition) is 2. The van der Waals surface area contributed by atoms with Crippen molar-refractivity contribution in [2.75, 3.05) is 6.61 Å². The third-order valence-corrected chi connectivity index (χ3v) is 2.74. The van der Waals surface area contributed by atoms with Crippen LogP contribution in [0, 0.1) is 0 Å². The van der Waals surface area contributed by atoms with Crippen molar-refractivity contribution >= 4 is 17.4 Å². The molecule has 0 fully saturated rings. The van der Waals surface area contributed by atoms with Gasteiger partial charge in [-0.15, -0.1) is 0 Å². The summed E-state index contributed by atoms with van der Waals surface area (Å²) in [5, 5.41) is 12.8. The lowest BCUT2D eigenvalue weighted by atomic mass is 10.1. The van der Waals surface area contributed by atoms with Crippen molar-refractivity contribution in [3.63, 3.8) is 0 Å². The number of carbonyl (C=O) groups is 1. The molecule has 4 heteroatoms. The van der Waals surface area contributed by atoms with Gasteiger partial charge in [-0.1, -0.05) is 23.7 Å². The molecule has 3 nitrogen and oxygen atoms in total. The van der Waals surface area contributed by atoms with Crippen molar-refractivity contribution in [3.8, 4) is 0 Å². The Labute approximate surface area is 107 Å². The number of Topliss-reactive ketones (excluding diaryl/α,β-unsaturated/α-hetero) is 1. The molecule has 0 bridgehead atoms. The minimum Gasteiger partial charge on any atom is -0.394 e. The van der Waals surface area contributed by atoms with Gasteiger partial charge in [0, 0.05) is 16.1 Å². The first kappa shape index (κ1) is 14.2. The number of ketones is 1. The molecule has 0 heterocycles. The summed E-state index contributed by atoms with van der Waals surface area (Å²) in [5.41, 5.74) is 0.0967. The van der Waals surface area contributed by atoms with Crippen LogP contribution >= 0.6 is 11.6 Å². The van der Waals surface area contributed by atoms with Gasteiger partial charge < -0.3 is 10.4 Å². The maximum Gasteiger partial charge on any atom is 0.179 e. The van der Waals surface area contributed by atoms with Gasteiger partial charge in [0.25, 0.3) is 0 Å². The molecule has 1 aromatic carbocycles. The summed E-state index contributed by atoms with van der Waals surface area (Å²) in [7, 11) is 0. The van der Waals surface area contributed by atoms with Gasteiger partial charge in [-0.2, -0.15) is 0 Å². The van der Waals surface area contributed by atoms with Crippen LogP contribution in [0.3, 0.4) is 0 Å². The summed E-state index contributed by atoms with van der Waals surface area (Å²) in [4.78, 5) is 12.1. The number of hydrogen-bond acceptors (Lipinski definition) is 3. The fourth-order valence-corrected chi connectivity index (χ4v) is 1.78. The number of nitrogens with one attached hydrogen (secondary N) is 1. The molecule has 0 amide bonds. The fraction of sp³-hybridized carbons (Fsp3) is 0.462. The Hall–Kier alpha value is -0.900. The molecular formula is C13H18ClNO2. The topological polar surface area (TPSA) is 49.3 Å². The van der Waals surface area contributed by atoms with E-state index < -0.39 is 5.54 Å². The Balaban J connectivity index is 2.77. The molecule has 0 saturated heterocycles. The maximum atomic E-state index is 12.1. The zero-order valence-corrected chi connectivity index (χ0v) is 11.1. The van der Waals surface area contributed by atoms with Crippen molar-refractivity contribution in [2.45, 2.75) is 32.4 Å². The van der Waals surface area contributed by atoms with E-state index in [-0.39, 0.29) is 18.4 Å². The van der Waals surface area contributed by atoms with Crippen LogP contribution in [-0.4, -0.2) is 29.1 Å². The lowest BCUT2D eigenvalue weighted by molar-refractivity contribution is 0.0911. The number of carbonyl (C=O) groups excluding carboxylic acids is 1. The summed E-state index contributed by atoms with van der Waals surface area (Å²) < 4.78 is 0. The Bertz CT molecular complexity index is 404. The zero-order valence-electron chi connectivity index (χ0n) is 10.3.